The Labute approximate surface area is 149 Å². The molecular weight excluding hydrogens is 318 g/mol. The predicted octanol–water partition coefficient (Wildman–Crippen LogP) is 6.55. The lowest BCUT2D eigenvalue weighted by molar-refractivity contribution is 0.103. The number of phenolic OH excluding ortho intramolecular Hbond substituents is 1. The maximum absolute atomic E-state index is 14.1. The first kappa shape index (κ1) is 17.3. The molecule has 0 heterocycles. The lowest BCUT2D eigenvalue weighted by atomic mass is 9.64. The quantitative estimate of drug-likeness (QED) is 0.656. The molecule has 3 aliphatic carbocycles. The summed E-state index contributed by atoms with van der Waals surface area (Å²) >= 11 is 0. The Hall–Kier alpha value is -1.12. The summed E-state index contributed by atoms with van der Waals surface area (Å²) in [5, 5.41) is 9.30. The summed E-state index contributed by atoms with van der Waals surface area (Å²) in [5.41, 5.74) is 0.461. The van der Waals surface area contributed by atoms with Crippen LogP contribution in [0.1, 0.15) is 82.1 Å². The van der Waals surface area contributed by atoms with Crippen molar-refractivity contribution in [3.8, 4) is 5.75 Å². The van der Waals surface area contributed by atoms with E-state index < -0.39 is 17.4 Å². The van der Waals surface area contributed by atoms with E-state index in [1.807, 2.05) is 0 Å². The van der Waals surface area contributed by atoms with Gasteiger partial charge in [0.05, 0.1) is 0 Å². The van der Waals surface area contributed by atoms with Crippen molar-refractivity contribution in [1.29, 1.82) is 0 Å². The summed E-state index contributed by atoms with van der Waals surface area (Å²) in [6, 6.07) is 2.87. The summed E-state index contributed by atoms with van der Waals surface area (Å²) in [7, 11) is 0. The SMILES string of the molecule is Oc1ccc(C2CCC(C3CCC(C4CCC4)CC3)CC2)c(F)c1F. The molecule has 1 nitrogen and oxygen atoms in total. The van der Waals surface area contributed by atoms with Crippen LogP contribution in [-0.2, 0) is 0 Å². The summed E-state index contributed by atoms with van der Waals surface area (Å²) < 4.78 is 27.7. The molecule has 0 bridgehead atoms. The molecule has 1 aromatic carbocycles. The Balaban J connectivity index is 1.31. The molecule has 0 atom stereocenters. The Morgan fingerprint density at radius 3 is 1.60 bits per heavy atom. The largest absolute Gasteiger partial charge is 0.505 e. The van der Waals surface area contributed by atoms with Crippen LogP contribution in [0.3, 0.4) is 0 Å². The average Bonchev–Trinajstić information content (AvgIpc) is 2.59. The van der Waals surface area contributed by atoms with Gasteiger partial charge in [-0.15, -0.1) is 0 Å². The van der Waals surface area contributed by atoms with Gasteiger partial charge in [0.2, 0.25) is 5.82 Å². The first-order valence-electron chi connectivity index (χ1n) is 10.3. The molecule has 4 rings (SSSR count). The fourth-order valence-electron chi connectivity index (χ4n) is 5.77. The number of rotatable bonds is 3. The van der Waals surface area contributed by atoms with Gasteiger partial charge in [-0.05, 0) is 92.6 Å². The molecule has 1 aromatic rings. The van der Waals surface area contributed by atoms with Gasteiger partial charge >= 0.3 is 0 Å². The second-order valence-electron chi connectivity index (χ2n) is 8.78. The van der Waals surface area contributed by atoms with Crippen LogP contribution in [0.4, 0.5) is 8.78 Å². The highest BCUT2D eigenvalue weighted by Crippen LogP contribution is 2.48. The zero-order chi connectivity index (χ0) is 17.4. The topological polar surface area (TPSA) is 20.2 Å². The third-order valence-electron chi connectivity index (χ3n) is 7.60. The van der Waals surface area contributed by atoms with Crippen LogP contribution in [-0.4, -0.2) is 5.11 Å². The van der Waals surface area contributed by atoms with Crippen molar-refractivity contribution in [1.82, 2.24) is 0 Å². The second-order valence-corrected chi connectivity index (χ2v) is 8.78. The first-order valence-corrected chi connectivity index (χ1v) is 10.3. The van der Waals surface area contributed by atoms with E-state index in [2.05, 4.69) is 0 Å². The highest BCUT2D eigenvalue weighted by Gasteiger charge is 2.35. The van der Waals surface area contributed by atoms with E-state index in [-0.39, 0.29) is 5.92 Å². The van der Waals surface area contributed by atoms with Gasteiger partial charge in [-0.25, -0.2) is 4.39 Å². The molecule has 3 saturated carbocycles. The third-order valence-corrected chi connectivity index (χ3v) is 7.60. The number of halogens is 2. The fraction of sp³-hybridized carbons (Fsp3) is 0.727. The Kier molecular flexibility index (Phi) is 5.01. The third kappa shape index (κ3) is 3.44. The molecule has 0 radical (unpaired) electrons. The van der Waals surface area contributed by atoms with Crippen molar-refractivity contribution in [2.24, 2.45) is 23.7 Å². The standard InChI is InChI=1S/C22H30F2O/c23-21-19(12-13-20(25)22(21)24)18-10-8-17(9-11-18)16-6-4-15(5-7-16)14-2-1-3-14/h12-18,25H,1-11H2. The minimum atomic E-state index is -1.09. The van der Waals surface area contributed by atoms with Crippen molar-refractivity contribution in [3.63, 3.8) is 0 Å². The number of benzene rings is 1. The Morgan fingerprint density at radius 2 is 1.12 bits per heavy atom. The number of hydrogen-bond acceptors (Lipinski definition) is 1. The van der Waals surface area contributed by atoms with Crippen molar-refractivity contribution in [3.05, 3.63) is 29.3 Å². The number of hydrogen-bond donors (Lipinski definition) is 1. The van der Waals surface area contributed by atoms with E-state index in [0.717, 1.165) is 49.4 Å². The van der Waals surface area contributed by atoms with Crippen molar-refractivity contribution in [2.75, 3.05) is 0 Å². The smallest absolute Gasteiger partial charge is 0.200 e. The van der Waals surface area contributed by atoms with Gasteiger partial charge in [0.15, 0.2) is 11.6 Å². The Bertz CT molecular complexity index is 594. The monoisotopic (exact) mass is 348 g/mol. The molecule has 3 heteroatoms. The van der Waals surface area contributed by atoms with E-state index in [1.165, 1.54) is 51.0 Å². The minimum Gasteiger partial charge on any atom is -0.505 e. The highest BCUT2D eigenvalue weighted by molar-refractivity contribution is 5.32. The summed E-state index contributed by atoms with van der Waals surface area (Å²) in [6.45, 7) is 0. The lowest BCUT2D eigenvalue weighted by Crippen LogP contribution is -2.30. The minimum absolute atomic E-state index is 0.109. The van der Waals surface area contributed by atoms with E-state index in [9.17, 15) is 13.9 Å². The summed E-state index contributed by atoms with van der Waals surface area (Å²) in [5.74, 6) is 1.26. The molecule has 3 aliphatic rings. The van der Waals surface area contributed by atoms with Crippen LogP contribution in [0.25, 0.3) is 0 Å². The summed E-state index contributed by atoms with van der Waals surface area (Å²) in [4.78, 5) is 0. The second kappa shape index (κ2) is 7.25. The predicted molar refractivity (Wildman–Crippen MR) is 95.5 cm³/mol. The van der Waals surface area contributed by atoms with Gasteiger partial charge < -0.3 is 5.11 Å². The van der Waals surface area contributed by atoms with Gasteiger partial charge in [-0.2, -0.15) is 4.39 Å². The van der Waals surface area contributed by atoms with E-state index in [4.69, 9.17) is 0 Å². The van der Waals surface area contributed by atoms with E-state index >= 15 is 0 Å². The van der Waals surface area contributed by atoms with Gasteiger partial charge in [-0.3, -0.25) is 0 Å². The molecule has 0 unspecified atom stereocenters. The molecule has 0 aromatic heterocycles. The van der Waals surface area contributed by atoms with Crippen LogP contribution >= 0.6 is 0 Å². The molecule has 3 fully saturated rings. The molecule has 0 saturated heterocycles. The van der Waals surface area contributed by atoms with Crippen LogP contribution in [0.15, 0.2) is 12.1 Å². The van der Waals surface area contributed by atoms with E-state index in [1.54, 1.807) is 6.07 Å². The zero-order valence-electron chi connectivity index (χ0n) is 15.0. The van der Waals surface area contributed by atoms with Gasteiger partial charge in [0.25, 0.3) is 0 Å². The number of aromatic hydroxyl groups is 1. The van der Waals surface area contributed by atoms with Crippen LogP contribution in [0.2, 0.25) is 0 Å². The molecule has 0 aliphatic heterocycles. The van der Waals surface area contributed by atoms with Gasteiger partial charge in [-0.1, -0.05) is 25.3 Å². The molecular formula is C22H30F2O. The summed E-state index contributed by atoms with van der Waals surface area (Å²) in [6.07, 6.45) is 14.2. The van der Waals surface area contributed by atoms with Crippen molar-refractivity contribution < 1.29 is 13.9 Å². The average molecular weight is 348 g/mol. The van der Waals surface area contributed by atoms with Crippen LogP contribution in [0.5, 0.6) is 5.75 Å². The molecule has 25 heavy (non-hydrogen) atoms. The highest BCUT2D eigenvalue weighted by atomic mass is 19.2. The fourth-order valence-corrected chi connectivity index (χ4v) is 5.77. The van der Waals surface area contributed by atoms with Crippen LogP contribution < -0.4 is 0 Å². The van der Waals surface area contributed by atoms with Crippen LogP contribution in [0, 0.1) is 35.3 Å². The Morgan fingerprint density at radius 1 is 0.640 bits per heavy atom. The molecule has 0 amide bonds. The molecule has 1 N–H and O–H groups in total. The molecule has 138 valence electrons. The lowest BCUT2D eigenvalue weighted by Gasteiger charge is -2.42. The van der Waals surface area contributed by atoms with E-state index in [0.29, 0.717) is 5.56 Å². The van der Waals surface area contributed by atoms with Gasteiger partial charge in [0, 0.05) is 0 Å². The maximum Gasteiger partial charge on any atom is 0.200 e. The zero-order valence-corrected chi connectivity index (χ0v) is 15.0. The maximum atomic E-state index is 14.1. The van der Waals surface area contributed by atoms with Crippen molar-refractivity contribution >= 4 is 0 Å². The normalized spacial score (nSPS) is 33.8. The van der Waals surface area contributed by atoms with Gasteiger partial charge in [0.1, 0.15) is 0 Å². The first-order chi connectivity index (χ1) is 12.1. The van der Waals surface area contributed by atoms with Crippen molar-refractivity contribution in [2.45, 2.75) is 76.5 Å². The number of phenols is 1. The molecule has 0 spiro atoms.